The lowest BCUT2D eigenvalue weighted by atomic mass is 10.1. The number of aryl methyl sites for hydroxylation is 1. The first-order chi connectivity index (χ1) is 12.1. The lowest BCUT2D eigenvalue weighted by molar-refractivity contribution is -0.140. The minimum atomic E-state index is -3.39. The van der Waals surface area contributed by atoms with Crippen molar-refractivity contribution in [1.29, 1.82) is 0 Å². The zero-order valence-electron chi connectivity index (χ0n) is 14.4. The average Bonchev–Trinajstić information content (AvgIpc) is 2.97. The number of benzene rings is 1. The molecule has 0 aliphatic heterocycles. The van der Waals surface area contributed by atoms with Crippen LogP contribution in [0.15, 0.2) is 35.7 Å². The Hall–Kier alpha value is -2.52. The highest BCUT2D eigenvalue weighted by molar-refractivity contribution is 7.92. The van der Waals surface area contributed by atoms with Gasteiger partial charge in [0.1, 0.15) is 0 Å². The van der Waals surface area contributed by atoms with Crippen molar-refractivity contribution in [3.63, 3.8) is 0 Å². The maximum atomic E-state index is 12.3. The van der Waals surface area contributed by atoms with Crippen LogP contribution in [0.2, 0.25) is 0 Å². The van der Waals surface area contributed by atoms with E-state index in [0.29, 0.717) is 16.9 Å². The summed E-state index contributed by atoms with van der Waals surface area (Å²) in [6.45, 7) is 3.33. The van der Waals surface area contributed by atoms with Crippen LogP contribution in [0.25, 0.3) is 6.08 Å². The summed E-state index contributed by atoms with van der Waals surface area (Å²) in [5.41, 5.74) is 1.30. The molecule has 0 bridgehead atoms. The molecule has 0 unspecified atom stereocenters. The highest BCUT2D eigenvalue weighted by atomic mass is 32.2. The molecule has 0 amide bonds. The topological polar surface area (TPSA) is 102 Å². The van der Waals surface area contributed by atoms with Crippen LogP contribution in [-0.4, -0.2) is 37.5 Å². The second-order valence-corrected chi connectivity index (χ2v) is 8.33. The summed E-state index contributed by atoms with van der Waals surface area (Å²) in [4.78, 5) is 28.3. The molecule has 26 heavy (non-hydrogen) atoms. The number of aromatic nitrogens is 1. The van der Waals surface area contributed by atoms with Gasteiger partial charge in [-0.2, -0.15) is 0 Å². The molecule has 9 heteroatoms. The maximum Gasteiger partial charge on any atom is 0.331 e. The Balaban J connectivity index is 1.96. The molecule has 0 radical (unpaired) electrons. The van der Waals surface area contributed by atoms with Crippen LogP contribution < -0.4 is 4.72 Å². The van der Waals surface area contributed by atoms with Gasteiger partial charge >= 0.3 is 5.97 Å². The molecule has 138 valence electrons. The van der Waals surface area contributed by atoms with Gasteiger partial charge in [-0.1, -0.05) is 0 Å². The molecule has 0 saturated carbocycles. The fraction of sp³-hybridized carbons (Fsp3) is 0.235. The lowest BCUT2D eigenvalue weighted by Gasteiger charge is -2.11. The van der Waals surface area contributed by atoms with E-state index < -0.39 is 22.1 Å². The van der Waals surface area contributed by atoms with Crippen LogP contribution in [-0.2, 0) is 19.6 Å². The minimum Gasteiger partial charge on any atom is -0.451 e. The second-order valence-electron chi connectivity index (χ2n) is 5.52. The molecule has 1 heterocycles. The number of ether oxygens (including phenoxy) is 1. The molecule has 7 nitrogen and oxygen atoms in total. The largest absolute Gasteiger partial charge is 0.451 e. The number of carbonyl (C=O) groups is 2. The van der Waals surface area contributed by atoms with Crippen molar-refractivity contribution < 1.29 is 22.7 Å². The van der Waals surface area contributed by atoms with Crippen molar-refractivity contribution in [1.82, 2.24) is 4.98 Å². The smallest absolute Gasteiger partial charge is 0.331 e. The summed E-state index contributed by atoms with van der Waals surface area (Å²) in [6, 6.07) is 5.86. The van der Waals surface area contributed by atoms with Gasteiger partial charge in [-0.15, -0.1) is 11.3 Å². The van der Waals surface area contributed by atoms with E-state index in [2.05, 4.69) is 9.71 Å². The Bertz CT molecular complexity index is 930. The van der Waals surface area contributed by atoms with E-state index in [4.69, 9.17) is 4.74 Å². The predicted octanol–water partition coefficient (Wildman–Crippen LogP) is 2.65. The van der Waals surface area contributed by atoms with Gasteiger partial charge < -0.3 is 4.74 Å². The number of hydrogen-bond acceptors (Lipinski definition) is 7. The standard InChI is InChI=1S/C17H18N2O5S2/c1-11(24-16(20)9-8-15-10-25-12(2)18-15)17(21)13-4-6-14(7-5-13)19-26(3,22)23/h4-11,19H,1-3H3/b9-8+/t11-/m1/s1. The van der Waals surface area contributed by atoms with Crippen LogP contribution in [0.1, 0.15) is 28.0 Å². The van der Waals surface area contributed by atoms with E-state index in [9.17, 15) is 18.0 Å². The molecule has 0 spiro atoms. The Morgan fingerprint density at radius 1 is 1.27 bits per heavy atom. The van der Waals surface area contributed by atoms with Gasteiger partial charge in [-0.05, 0) is 44.2 Å². The molecule has 0 saturated heterocycles. The summed E-state index contributed by atoms with van der Waals surface area (Å²) >= 11 is 1.47. The van der Waals surface area contributed by atoms with E-state index >= 15 is 0 Å². The first kappa shape index (κ1) is 19.8. The van der Waals surface area contributed by atoms with Crippen molar-refractivity contribution in [2.75, 3.05) is 11.0 Å². The number of ketones is 1. The fourth-order valence-corrected chi connectivity index (χ4v) is 3.17. The lowest BCUT2D eigenvalue weighted by Crippen LogP contribution is -2.23. The average molecular weight is 394 g/mol. The number of esters is 1. The molecule has 0 aliphatic rings. The fourth-order valence-electron chi connectivity index (χ4n) is 2.03. The third-order valence-corrected chi connectivity index (χ3v) is 4.56. The number of nitrogens with zero attached hydrogens (tertiary/aromatic N) is 1. The molecule has 2 aromatic rings. The van der Waals surface area contributed by atoms with Crippen molar-refractivity contribution in [3.8, 4) is 0 Å². The van der Waals surface area contributed by atoms with Gasteiger partial charge in [-0.3, -0.25) is 9.52 Å². The predicted molar refractivity (Wildman–Crippen MR) is 101 cm³/mol. The molecular formula is C17H18N2O5S2. The molecule has 1 aromatic carbocycles. The number of rotatable bonds is 7. The van der Waals surface area contributed by atoms with Crippen molar-refractivity contribution in [3.05, 3.63) is 52.0 Å². The van der Waals surface area contributed by atoms with Gasteiger partial charge in [0, 0.05) is 22.7 Å². The van der Waals surface area contributed by atoms with Crippen LogP contribution in [0, 0.1) is 6.92 Å². The number of carbonyl (C=O) groups excluding carboxylic acids is 2. The summed E-state index contributed by atoms with van der Waals surface area (Å²) in [6.07, 6.45) is 2.80. The highest BCUT2D eigenvalue weighted by Gasteiger charge is 2.18. The van der Waals surface area contributed by atoms with E-state index in [1.807, 2.05) is 6.92 Å². The van der Waals surface area contributed by atoms with Crippen molar-refractivity contribution in [2.24, 2.45) is 0 Å². The third-order valence-electron chi connectivity index (χ3n) is 3.16. The van der Waals surface area contributed by atoms with Crippen molar-refractivity contribution in [2.45, 2.75) is 20.0 Å². The first-order valence-electron chi connectivity index (χ1n) is 7.57. The van der Waals surface area contributed by atoms with Gasteiger partial charge in [0.2, 0.25) is 15.8 Å². The van der Waals surface area contributed by atoms with Gasteiger partial charge in [0.05, 0.1) is 17.0 Å². The van der Waals surface area contributed by atoms with Crippen LogP contribution >= 0.6 is 11.3 Å². The second kappa shape index (κ2) is 8.24. The van der Waals surface area contributed by atoms with Crippen LogP contribution in [0.4, 0.5) is 5.69 Å². The maximum absolute atomic E-state index is 12.3. The molecule has 2 rings (SSSR count). The Labute approximate surface area is 155 Å². The molecule has 1 N–H and O–H groups in total. The molecule has 0 fully saturated rings. The number of anilines is 1. The monoisotopic (exact) mass is 394 g/mol. The zero-order valence-corrected chi connectivity index (χ0v) is 16.1. The summed E-state index contributed by atoms with van der Waals surface area (Å²) in [5.74, 6) is -1.03. The van der Waals surface area contributed by atoms with Gasteiger partial charge in [-0.25, -0.2) is 18.2 Å². The Kier molecular flexibility index (Phi) is 6.27. The van der Waals surface area contributed by atoms with E-state index in [1.54, 1.807) is 5.38 Å². The Morgan fingerprint density at radius 2 is 1.92 bits per heavy atom. The SMILES string of the molecule is Cc1nc(/C=C/C(=O)O[C@H](C)C(=O)c2ccc(NS(C)(=O)=O)cc2)cs1. The van der Waals surface area contributed by atoms with Gasteiger partial charge in [0.25, 0.3) is 0 Å². The van der Waals surface area contributed by atoms with Gasteiger partial charge in [0.15, 0.2) is 6.10 Å². The molecular weight excluding hydrogens is 376 g/mol. The van der Waals surface area contributed by atoms with E-state index in [0.717, 1.165) is 11.3 Å². The van der Waals surface area contributed by atoms with Crippen LogP contribution in [0.3, 0.4) is 0 Å². The number of sulfonamides is 1. The van der Waals surface area contributed by atoms with E-state index in [1.165, 1.54) is 54.7 Å². The zero-order chi connectivity index (χ0) is 19.3. The molecule has 1 atom stereocenters. The summed E-state index contributed by atoms with van der Waals surface area (Å²) in [7, 11) is -3.39. The summed E-state index contributed by atoms with van der Waals surface area (Å²) in [5, 5.41) is 2.69. The third kappa shape index (κ3) is 6.08. The normalized spacial score (nSPS) is 12.7. The number of nitrogens with one attached hydrogen (secondary N) is 1. The minimum absolute atomic E-state index is 0.309. The van der Waals surface area contributed by atoms with Crippen molar-refractivity contribution >= 4 is 44.9 Å². The van der Waals surface area contributed by atoms with Crippen LogP contribution in [0.5, 0.6) is 0 Å². The number of thiazole rings is 1. The molecule has 1 aromatic heterocycles. The van der Waals surface area contributed by atoms with E-state index in [-0.39, 0.29) is 5.78 Å². The summed E-state index contributed by atoms with van der Waals surface area (Å²) < 4.78 is 29.7. The number of Topliss-reactive ketones (excluding diaryl/α,β-unsaturated/α-hetero) is 1. The number of hydrogen-bond donors (Lipinski definition) is 1. The Morgan fingerprint density at radius 3 is 2.46 bits per heavy atom. The first-order valence-corrected chi connectivity index (χ1v) is 10.3. The quantitative estimate of drug-likeness (QED) is 0.440. The molecule has 0 aliphatic carbocycles. The highest BCUT2D eigenvalue weighted by Crippen LogP contribution is 2.14.